The molecule has 0 saturated carbocycles. The van der Waals surface area contributed by atoms with Crippen molar-refractivity contribution in [1.29, 1.82) is 0 Å². The van der Waals surface area contributed by atoms with E-state index >= 15 is 0 Å². The quantitative estimate of drug-likeness (QED) is 0.644. The smallest absolute Gasteiger partial charge is 0.411 e. The molecule has 0 aromatic heterocycles. The third kappa shape index (κ3) is 7.31. The first kappa shape index (κ1) is 22.6. The van der Waals surface area contributed by atoms with Crippen LogP contribution in [0.2, 0.25) is 5.02 Å². The predicted octanol–water partition coefficient (Wildman–Crippen LogP) is 6.02. The molecule has 0 aliphatic heterocycles. The standard InChI is InChI=1S/C22H27ClN2O4/c1-15(25(5)21(27)29-22(2,3)4)17-8-12-19(13-9-17)24-20(26)28-14-16-6-10-18(23)11-7-16/h6-13,15H,14H2,1-5H3,(H,24,26)/t15-/m0/s1. The molecule has 0 aliphatic rings. The van der Waals surface area contributed by atoms with E-state index in [9.17, 15) is 9.59 Å². The molecule has 6 nitrogen and oxygen atoms in total. The predicted molar refractivity (Wildman–Crippen MR) is 114 cm³/mol. The number of nitrogens with zero attached hydrogens (tertiary/aromatic N) is 1. The fourth-order valence-electron chi connectivity index (χ4n) is 2.44. The van der Waals surface area contributed by atoms with Gasteiger partial charge in [-0.3, -0.25) is 5.32 Å². The summed E-state index contributed by atoms with van der Waals surface area (Å²) in [6.07, 6.45) is -0.940. The van der Waals surface area contributed by atoms with Gasteiger partial charge in [-0.05, 0) is 63.1 Å². The minimum atomic E-state index is -0.550. The molecule has 0 spiro atoms. The van der Waals surface area contributed by atoms with Crippen molar-refractivity contribution in [2.24, 2.45) is 0 Å². The minimum Gasteiger partial charge on any atom is -0.444 e. The molecule has 1 atom stereocenters. The average Bonchev–Trinajstić information content (AvgIpc) is 2.65. The maximum Gasteiger partial charge on any atom is 0.411 e. The molecular formula is C22H27ClN2O4. The monoisotopic (exact) mass is 418 g/mol. The van der Waals surface area contributed by atoms with E-state index in [4.69, 9.17) is 21.1 Å². The van der Waals surface area contributed by atoms with Crippen molar-refractivity contribution in [3.8, 4) is 0 Å². The zero-order valence-electron chi connectivity index (χ0n) is 17.4. The van der Waals surface area contributed by atoms with E-state index in [0.29, 0.717) is 10.7 Å². The second-order valence-corrected chi connectivity index (χ2v) is 8.15. The van der Waals surface area contributed by atoms with Crippen LogP contribution < -0.4 is 5.32 Å². The molecule has 0 fully saturated rings. The highest BCUT2D eigenvalue weighted by Gasteiger charge is 2.23. The Kier molecular flexibility index (Phi) is 7.51. The summed E-state index contributed by atoms with van der Waals surface area (Å²) in [4.78, 5) is 25.7. The lowest BCUT2D eigenvalue weighted by atomic mass is 10.1. The summed E-state index contributed by atoms with van der Waals surface area (Å²) < 4.78 is 10.6. The molecule has 7 heteroatoms. The Balaban J connectivity index is 1.89. The molecule has 2 amide bonds. The van der Waals surface area contributed by atoms with E-state index in [2.05, 4.69) is 5.32 Å². The number of hydrogen-bond acceptors (Lipinski definition) is 4. The van der Waals surface area contributed by atoms with Gasteiger partial charge >= 0.3 is 12.2 Å². The Hall–Kier alpha value is -2.73. The van der Waals surface area contributed by atoms with Gasteiger partial charge in [-0.2, -0.15) is 0 Å². The minimum absolute atomic E-state index is 0.152. The van der Waals surface area contributed by atoms with Crippen LogP contribution in [-0.2, 0) is 16.1 Å². The number of anilines is 1. The van der Waals surface area contributed by atoms with Crippen LogP contribution >= 0.6 is 11.6 Å². The summed E-state index contributed by atoms with van der Waals surface area (Å²) in [5, 5.41) is 3.31. The average molecular weight is 419 g/mol. The van der Waals surface area contributed by atoms with Gasteiger partial charge in [0.2, 0.25) is 0 Å². The maximum absolute atomic E-state index is 12.2. The number of benzene rings is 2. The van der Waals surface area contributed by atoms with Crippen molar-refractivity contribution in [2.75, 3.05) is 12.4 Å². The molecule has 1 N–H and O–H groups in total. The van der Waals surface area contributed by atoms with E-state index in [0.717, 1.165) is 11.1 Å². The summed E-state index contributed by atoms with van der Waals surface area (Å²) in [6, 6.07) is 14.1. The number of nitrogens with one attached hydrogen (secondary N) is 1. The fraction of sp³-hybridized carbons (Fsp3) is 0.364. The Labute approximate surface area is 176 Å². The molecule has 156 valence electrons. The lowest BCUT2D eigenvalue weighted by molar-refractivity contribution is 0.0234. The van der Waals surface area contributed by atoms with Crippen LogP contribution in [0.4, 0.5) is 15.3 Å². The van der Waals surface area contributed by atoms with Crippen LogP contribution in [0.3, 0.4) is 0 Å². The Morgan fingerprint density at radius 2 is 1.66 bits per heavy atom. The first-order chi connectivity index (χ1) is 13.5. The summed E-state index contributed by atoms with van der Waals surface area (Å²) >= 11 is 5.83. The van der Waals surface area contributed by atoms with Gasteiger partial charge in [0.15, 0.2) is 0 Å². The molecule has 0 saturated heterocycles. The van der Waals surface area contributed by atoms with Crippen LogP contribution in [0, 0.1) is 0 Å². The lowest BCUT2D eigenvalue weighted by Gasteiger charge is -2.29. The van der Waals surface area contributed by atoms with Crippen molar-refractivity contribution < 1.29 is 19.1 Å². The van der Waals surface area contributed by atoms with Crippen molar-refractivity contribution >= 4 is 29.5 Å². The molecule has 0 bridgehead atoms. The van der Waals surface area contributed by atoms with Crippen molar-refractivity contribution in [3.05, 3.63) is 64.7 Å². The summed E-state index contributed by atoms with van der Waals surface area (Å²) in [7, 11) is 1.69. The second kappa shape index (κ2) is 9.65. The molecule has 0 aliphatic carbocycles. The molecule has 2 rings (SSSR count). The van der Waals surface area contributed by atoms with Gasteiger partial charge in [0, 0.05) is 17.8 Å². The first-order valence-electron chi connectivity index (χ1n) is 9.29. The van der Waals surface area contributed by atoms with Gasteiger partial charge in [-0.1, -0.05) is 35.9 Å². The third-order valence-corrected chi connectivity index (χ3v) is 4.44. The van der Waals surface area contributed by atoms with Crippen LogP contribution in [0.5, 0.6) is 0 Å². The van der Waals surface area contributed by atoms with Crippen molar-refractivity contribution in [3.63, 3.8) is 0 Å². The van der Waals surface area contributed by atoms with Crippen molar-refractivity contribution in [2.45, 2.75) is 45.9 Å². The molecule has 0 heterocycles. The topological polar surface area (TPSA) is 67.9 Å². The number of carbonyl (C=O) groups excluding carboxylic acids is 2. The number of carbonyl (C=O) groups is 2. The number of hydrogen-bond donors (Lipinski definition) is 1. The number of amides is 2. The highest BCUT2D eigenvalue weighted by molar-refractivity contribution is 6.30. The van der Waals surface area contributed by atoms with Gasteiger partial charge < -0.3 is 14.4 Å². The van der Waals surface area contributed by atoms with Gasteiger partial charge in [-0.25, -0.2) is 9.59 Å². The number of rotatable bonds is 5. The van der Waals surface area contributed by atoms with Crippen LogP contribution in [0.15, 0.2) is 48.5 Å². The zero-order chi connectivity index (χ0) is 21.6. The lowest BCUT2D eigenvalue weighted by Crippen LogP contribution is -2.35. The van der Waals surface area contributed by atoms with Gasteiger partial charge in [0.25, 0.3) is 0 Å². The Morgan fingerprint density at radius 3 is 2.21 bits per heavy atom. The van der Waals surface area contributed by atoms with E-state index in [1.165, 1.54) is 4.90 Å². The summed E-state index contributed by atoms with van der Waals surface area (Å²) in [5.41, 5.74) is 1.81. The maximum atomic E-state index is 12.2. The van der Waals surface area contributed by atoms with E-state index in [-0.39, 0.29) is 12.6 Å². The highest BCUT2D eigenvalue weighted by Crippen LogP contribution is 2.23. The van der Waals surface area contributed by atoms with Crippen LogP contribution in [0.25, 0.3) is 0 Å². The molecule has 2 aromatic rings. The summed E-state index contributed by atoms with van der Waals surface area (Å²) in [5.74, 6) is 0. The molecule has 0 unspecified atom stereocenters. The summed E-state index contributed by atoms with van der Waals surface area (Å²) in [6.45, 7) is 7.55. The third-order valence-electron chi connectivity index (χ3n) is 4.19. The van der Waals surface area contributed by atoms with Gasteiger partial charge in [0.1, 0.15) is 12.2 Å². The molecule has 0 radical (unpaired) electrons. The molecular weight excluding hydrogens is 392 g/mol. The van der Waals surface area contributed by atoms with Crippen LogP contribution in [-0.4, -0.2) is 29.7 Å². The molecule has 2 aromatic carbocycles. The fourth-order valence-corrected chi connectivity index (χ4v) is 2.57. The van der Waals surface area contributed by atoms with E-state index in [1.807, 2.05) is 39.8 Å². The Morgan fingerprint density at radius 1 is 1.07 bits per heavy atom. The second-order valence-electron chi connectivity index (χ2n) is 7.72. The number of ether oxygens (including phenoxy) is 2. The van der Waals surface area contributed by atoms with Crippen molar-refractivity contribution in [1.82, 2.24) is 4.90 Å². The highest BCUT2D eigenvalue weighted by atomic mass is 35.5. The van der Waals surface area contributed by atoms with Crippen LogP contribution in [0.1, 0.15) is 44.9 Å². The SMILES string of the molecule is C[C@@H](c1ccc(NC(=O)OCc2ccc(Cl)cc2)cc1)N(C)C(=O)OC(C)(C)C. The Bertz CT molecular complexity index is 829. The van der Waals surface area contributed by atoms with E-state index < -0.39 is 17.8 Å². The van der Waals surface area contributed by atoms with E-state index in [1.54, 1.807) is 43.4 Å². The van der Waals surface area contributed by atoms with Gasteiger partial charge in [0.05, 0.1) is 6.04 Å². The zero-order valence-corrected chi connectivity index (χ0v) is 18.1. The molecule has 29 heavy (non-hydrogen) atoms. The normalized spacial score (nSPS) is 12.1. The van der Waals surface area contributed by atoms with Gasteiger partial charge in [-0.15, -0.1) is 0 Å². The number of halogens is 1. The largest absolute Gasteiger partial charge is 0.444 e. The first-order valence-corrected chi connectivity index (χ1v) is 9.67.